The summed E-state index contributed by atoms with van der Waals surface area (Å²) in [6, 6.07) is 6.05. The first-order chi connectivity index (χ1) is 11.7. The number of hydrogen-bond acceptors (Lipinski definition) is 4. The number of nitrogens with zero attached hydrogens (tertiary/aromatic N) is 2. The predicted octanol–water partition coefficient (Wildman–Crippen LogP) is 2.00. The normalized spacial score (nSPS) is 13.2. The van der Waals surface area contributed by atoms with E-state index in [1.807, 2.05) is 20.8 Å². The van der Waals surface area contributed by atoms with E-state index in [1.54, 1.807) is 24.5 Å². The Morgan fingerprint density at radius 1 is 1.32 bits per heavy atom. The minimum Gasteiger partial charge on any atom is -0.349 e. The second-order valence-electron chi connectivity index (χ2n) is 6.33. The van der Waals surface area contributed by atoms with Gasteiger partial charge in [0.05, 0.1) is 11.4 Å². The summed E-state index contributed by atoms with van der Waals surface area (Å²) >= 11 is 0. The molecule has 0 radical (unpaired) electrons. The van der Waals surface area contributed by atoms with Gasteiger partial charge in [0.15, 0.2) is 0 Å². The predicted molar refractivity (Wildman–Crippen MR) is 95.4 cm³/mol. The van der Waals surface area contributed by atoms with Crippen LogP contribution in [0.2, 0.25) is 0 Å². The van der Waals surface area contributed by atoms with Gasteiger partial charge in [-0.1, -0.05) is 19.9 Å². The summed E-state index contributed by atoms with van der Waals surface area (Å²) in [4.78, 5) is 19.3. The average Bonchev–Trinajstić information content (AvgIpc) is 3.07. The molecule has 1 amide bonds. The lowest BCUT2D eigenvalue weighted by atomic mass is 10.1. The Morgan fingerprint density at radius 3 is 2.64 bits per heavy atom. The number of sulfonamides is 1. The van der Waals surface area contributed by atoms with Gasteiger partial charge in [-0.15, -0.1) is 0 Å². The maximum absolute atomic E-state index is 12.7. The van der Waals surface area contributed by atoms with E-state index < -0.39 is 10.0 Å². The number of imidazole rings is 1. The van der Waals surface area contributed by atoms with E-state index in [4.69, 9.17) is 0 Å². The Balaban J connectivity index is 2.20. The molecule has 136 valence electrons. The number of rotatable bonds is 7. The lowest BCUT2D eigenvalue weighted by Crippen LogP contribution is -2.36. The molecule has 0 saturated heterocycles. The van der Waals surface area contributed by atoms with Crippen molar-refractivity contribution in [2.24, 2.45) is 5.92 Å². The van der Waals surface area contributed by atoms with E-state index >= 15 is 0 Å². The molecule has 0 aliphatic heterocycles. The molecule has 25 heavy (non-hydrogen) atoms. The summed E-state index contributed by atoms with van der Waals surface area (Å²) in [5, 5.41) is 2.88. The molecule has 0 bridgehead atoms. The highest BCUT2D eigenvalue weighted by atomic mass is 32.2. The first-order valence-electron chi connectivity index (χ1n) is 8.07. The van der Waals surface area contributed by atoms with Crippen molar-refractivity contribution in [1.82, 2.24) is 19.6 Å². The standard InChI is InChI=1S/C17H24N4O3S/c1-12(2)13(3)20-17(22)14-6-5-7-15(10-14)25(23,24)21(4)11-16-18-8-9-19-16/h5-10,12-13H,11H2,1-4H3,(H,18,19)(H,20,22)/t13-/m1/s1. The van der Waals surface area contributed by atoms with Gasteiger partial charge >= 0.3 is 0 Å². The topological polar surface area (TPSA) is 95.2 Å². The Morgan fingerprint density at radius 2 is 2.04 bits per heavy atom. The zero-order valence-corrected chi connectivity index (χ0v) is 15.7. The number of hydrogen-bond donors (Lipinski definition) is 2. The first kappa shape index (κ1) is 19.1. The highest BCUT2D eigenvalue weighted by Crippen LogP contribution is 2.17. The zero-order valence-electron chi connectivity index (χ0n) is 14.9. The van der Waals surface area contributed by atoms with Crippen molar-refractivity contribution < 1.29 is 13.2 Å². The molecule has 0 fully saturated rings. The van der Waals surface area contributed by atoms with Gasteiger partial charge in [0.2, 0.25) is 10.0 Å². The van der Waals surface area contributed by atoms with Crippen molar-refractivity contribution in [2.75, 3.05) is 7.05 Å². The van der Waals surface area contributed by atoms with Crippen LogP contribution in [0.25, 0.3) is 0 Å². The van der Waals surface area contributed by atoms with Crippen LogP contribution in [0, 0.1) is 5.92 Å². The van der Waals surface area contributed by atoms with Crippen molar-refractivity contribution in [1.29, 1.82) is 0 Å². The molecule has 1 heterocycles. The second kappa shape index (κ2) is 7.79. The number of aromatic amines is 1. The lowest BCUT2D eigenvalue weighted by molar-refractivity contribution is 0.0930. The van der Waals surface area contributed by atoms with Crippen molar-refractivity contribution >= 4 is 15.9 Å². The largest absolute Gasteiger partial charge is 0.349 e. The van der Waals surface area contributed by atoms with Gasteiger partial charge in [-0.05, 0) is 31.0 Å². The molecule has 1 aromatic heterocycles. The monoisotopic (exact) mass is 364 g/mol. The van der Waals surface area contributed by atoms with Crippen LogP contribution < -0.4 is 5.32 Å². The average molecular weight is 364 g/mol. The molecular formula is C17H24N4O3S. The second-order valence-corrected chi connectivity index (χ2v) is 8.38. The molecule has 0 unspecified atom stereocenters. The number of aromatic nitrogens is 2. The SMILES string of the molecule is CC(C)[C@@H](C)NC(=O)c1cccc(S(=O)(=O)N(C)Cc2ncc[nH]2)c1. The van der Waals surface area contributed by atoms with E-state index in [9.17, 15) is 13.2 Å². The fourth-order valence-corrected chi connectivity index (χ4v) is 3.29. The maximum Gasteiger partial charge on any atom is 0.251 e. The van der Waals surface area contributed by atoms with Crippen LogP contribution >= 0.6 is 0 Å². The third-order valence-electron chi connectivity index (χ3n) is 4.09. The highest BCUT2D eigenvalue weighted by Gasteiger charge is 2.23. The number of carbonyl (C=O) groups is 1. The molecule has 1 atom stereocenters. The van der Waals surface area contributed by atoms with Crippen LogP contribution in [-0.4, -0.2) is 41.7 Å². The summed E-state index contributed by atoms with van der Waals surface area (Å²) in [5.41, 5.74) is 0.319. The van der Waals surface area contributed by atoms with Gasteiger partial charge in [0.1, 0.15) is 5.82 Å². The number of carbonyl (C=O) groups excluding carboxylic acids is 1. The van der Waals surface area contributed by atoms with Crippen LogP contribution in [0.15, 0.2) is 41.6 Å². The third-order valence-corrected chi connectivity index (χ3v) is 5.89. The quantitative estimate of drug-likeness (QED) is 0.785. The van der Waals surface area contributed by atoms with Crippen LogP contribution in [0.5, 0.6) is 0 Å². The van der Waals surface area contributed by atoms with Crippen molar-refractivity contribution in [3.8, 4) is 0 Å². The van der Waals surface area contributed by atoms with Crippen LogP contribution in [-0.2, 0) is 16.6 Å². The fraction of sp³-hybridized carbons (Fsp3) is 0.412. The first-order valence-corrected chi connectivity index (χ1v) is 9.51. The Labute approximate surface area is 148 Å². The minimum atomic E-state index is -3.72. The van der Waals surface area contributed by atoms with Gasteiger partial charge in [0.25, 0.3) is 5.91 Å². The lowest BCUT2D eigenvalue weighted by Gasteiger charge is -2.19. The van der Waals surface area contributed by atoms with E-state index in [2.05, 4.69) is 15.3 Å². The Hall–Kier alpha value is -2.19. The van der Waals surface area contributed by atoms with Crippen LogP contribution in [0.4, 0.5) is 0 Å². The smallest absolute Gasteiger partial charge is 0.251 e. The summed E-state index contributed by atoms with van der Waals surface area (Å²) < 4.78 is 26.6. The Kier molecular flexibility index (Phi) is 5.97. The molecule has 2 N–H and O–H groups in total. The molecule has 0 spiro atoms. The van der Waals surface area contributed by atoms with Crippen molar-refractivity contribution in [3.63, 3.8) is 0 Å². The fourth-order valence-electron chi connectivity index (χ4n) is 2.11. The van der Waals surface area contributed by atoms with Gasteiger partial charge in [-0.2, -0.15) is 4.31 Å². The molecule has 0 aliphatic carbocycles. The molecule has 8 heteroatoms. The number of nitrogens with one attached hydrogen (secondary N) is 2. The van der Waals surface area contributed by atoms with Gasteiger partial charge in [0, 0.05) is 31.0 Å². The van der Waals surface area contributed by atoms with Crippen LogP contribution in [0.1, 0.15) is 37.0 Å². The molecule has 2 aromatic rings. The van der Waals surface area contributed by atoms with Crippen LogP contribution in [0.3, 0.4) is 0 Å². The Bertz CT molecular complexity index is 816. The maximum atomic E-state index is 12.7. The summed E-state index contributed by atoms with van der Waals surface area (Å²) in [6.45, 7) is 6.06. The summed E-state index contributed by atoms with van der Waals surface area (Å²) in [6.07, 6.45) is 3.20. The number of benzene rings is 1. The number of H-pyrrole nitrogens is 1. The van der Waals surface area contributed by atoms with Crippen molar-refractivity contribution in [2.45, 2.75) is 38.3 Å². The summed E-state index contributed by atoms with van der Waals surface area (Å²) in [7, 11) is -2.24. The molecule has 1 aromatic carbocycles. The molecule has 0 saturated carbocycles. The number of amides is 1. The minimum absolute atomic E-state index is 0.00519. The van der Waals surface area contributed by atoms with Gasteiger partial charge < -0.3 is 10.3 Å². The highest BCUT2D eigenvalue weighted by molar-refractivity contribution is 7.89. The summed E-state index contributed by atoms with van der Waals surface area (Å²) in [5.74, 6) is 0.549. The van der Waals surface area contributed by atoms with Crippen molar-refractivity contribution in [3.05, 3.63) is 48.0 Å². The van der Waals surface area contributed by atoms with E-state index in [1.165, 1.54) is 23.5 Å². The van der Waals surface area contributed by atoms with E-state index in [0.29, 0.717) is 11.4 Å². The van der Waals surface area contributed by atoms with Gasteiger partial charge in [-0.3, -0.25) is 4.79 Å². The molecule has 0 aliphatic rings. The van der Waals surface area contributed by atoms with E-state index in [-0.39, 0.29) is 29.3 Å². The molecular weight excluding hydrogens is 340 g/mol. The molecule has 2 rings (SSSR count). The van der Waals surface area contributed by atoms with Gasteiger partial charge in [-0.25, -0.2) is 13.4 Å². The van der Waals surface area contributed by atoms with E-state index in [0.717, 1.165) is 0 Å². The molecule has 7 nitrogen and oxygen atoms in total. The third kappa shape index (κ3) is 4.67. The zero-order chi connectivity index (χ0) is 18.6.